The molecule has 0 aliphatic heterocycles. The maximum absolute atomic E-state index is 12.4. The molecule has 0 radical (unpaired) electrons. The van der Waals surface area contributed by atoms with Gasteiger partial charge in [-0.25, -0.2) is 0 Å². The van der Waals surface area contributed by atoms with Crippen LogP contribution in [-0.2, 0) is 0 Å². The summed E-state index contributed by atoms with van der Waals surface area (Å²) >= 11 is 0. The predicted octanol–water partition coefficient (Wildman–Crippen LogP) is 2.62. The van der Waals surface area contributed by atoms with Crippen LogP contribution in [0.3, 0.4) is 0 Å². The first-order valence-electron chi connectivity index (χ1n) is 6.57. The summed E-state index contributed by atoms with van der Waals surface area (Å²) in [6.45, 7) is 2.83. The van der Waals surface area contributed by atoms with Gasteiger partial charge in [0.15, 0.2) is 0 Å². The third kappa shape index (κ3) is 6.48. The predicted molar refractivity (Wildman–Crippen MR) is 75.7 cm³/mol. The summed E-state index contributed by atoms with van der Waals surface area (Å²) in [4.78, 5) is 1.31. The minimum Gasteiger partial charge on any atom is -0.492 e. The van der Waals surface area contributed by atoms with E-state index in [1.165, 1.54) is 4.90 Å². The Hall–Kier alpha value is -1.76. The summed E-state index contributed by atoms with van der Waals surface area (Å²) in [5.41, 5.74) is 5.90. The largest absolute Gasteiger partial charge is 0.492 e. The number of nitrogen functional groups attached to an aromatic ring is 1. The van der Waals surface area contributed by atoms with Crippen LogP contribution in [0, 0.1) is 5.41 Å². The van der Waals surface area contributed by atoms with Gasteiger partial charge in [-0.05, 0) is 38.1 Å². The van der Waals surface area contributed by atoms with Crippen molar-refractivity contribution in [2.75, 3.05) is 19.7 Å². The first-order chi connectivity index (χ1) is 9.69. The van der Waals surface area contributed by atoms with Crippen LogP contribution in [0.1, 0.15) is 19.4 Å². The number of nitrogens with zero attached hydrogens (tertiary/aromatic N) is 1. The van der Waals surface area contributed by atoms with Gasteiger partial charge in [-0.3, -0.25) is 10.3 Å². The molecule has 118 valence electrons. The molecule has 0 atom stereocenters. The Bertz CT molecular complexity index is 458. The molecule has 4 nitrogen and oxygen atoms in total. The average Bonchev–Trinajstić information content (AvgIpc) is 2.36. The van der Waals surface area contributed by atoms with E-state index in [9.17, 15) is 13.2 Å². The molecule has 7 heteroatoms. The summed E-state index contributed by atoms with van der Waals surface area (Å²) in [5.74, 6) is 0.494. The average molecular weight is 303 g/mol. The number of alkyl halides is 3. The van der Waals surface area contributed by atoms with Gasteiger partial charge in [0, 0.05) is 18.2 Å². The van der Waals surface area contributed by atoms with Crippen LogP contribution < -0.4 is 10.5 Å². The van der Waals surface area contributed by atoms with E-state index < -0.39 is 12.7 Å². The highest BCUT2D eigenvalue weighted by atomic mass is 19.4. The molecule has 0 heterocycles. The fraction of sp³-hybridized carbons (Fsp3) is 0.500. The molecule has 0 aromatic heterocycles. The molecule has 0 unspecified atom stereocenters. The fourth-order valence-electron chi connectivity index (χ4n) is 1.76. The normalized spacial score (nSPS) is 12.0. The number of amidine groups is 1. The highest BCUT2D eigenvalue weighted by molar-refractivity contribution is 5.94. The molecule has 0 aliphatic carbocycles. The number of ether oxygens (including phenoxy) is 1. The van der Waals surface area contributed by atoms with Gasteiger partial charge in [0.25, 0.3) is 0 Å². The Balaban J connectivity index is 2.48. The molecule has 0 bridgehead atoms. The Kier molecular flexibility index (Phi) is 6.02. The van der Waals surface area contributed by atoms with Gasteiger partial charge in [0.2, 0.25) is 0 Å². The highest BCUT2D eigenvalue weighted by Crippen LogP contribution is 2.18. The molecule has 1 rings (SSSR count). The van der Waals surface area contributed by atoms with E-state index in [0.717, 1.165) is 0 Å². The number of benzene rings is 1. The summed E-state index contributed by atoms with van der Waals surface area (Å²) in [7, 11) is 0. The molecule has 1 aromatic rings. The molecule has 0 fully saturated rings. The summed E-state index contributed by atoms with van der Waals surface area (Å²) < 4.78 is 42.7. The molecule has 0 amide bonds. The highest BCUT2D eigenvalue weighted by Gasteiger charge is 2.31. The van der Waals surface area contributed by atoms with Gasteiger partial charge < -0.3 is 10.5 Å². The molecule has 1 aromatic carbocycles. The fourth-order valence-corrected chi connectivity index (χ4v) is 1.76. The Morgan fingerprint density at radius 2 is 1.86 bits per heavy atom. The second-order valence-corrected chi connectivity index (χ2v) is 4.97. The lowest BCUT2D eigenvalue weighted by Gasteiger charge is -2.27. The van der Waals surface area contributed by atoms with Gasteiger partial charge in [-0.2, -0.15) is 13.2 Å². The number of nitrogens with two attached hydrogens (primary N) is 1. The Morgan fingerprint density at radius 1 is 1.29 bits per heavy atom. The number of halogens is 3. The van der Waals surface area contributed by atoms with Crippen molar-refractivity contribution < 1.29 is 17.9 Å². The smallest absolute Gasteiger partial charge is 0.401 e. The Labute approximate surface area is 122 Å². The van der Waals surface area contributed by atoms with Crippen molar-refractivity contribution in [2.45, 2.75) is 26.1 Å². The molecule has 21 heavy (non-hydrogen) atoms. The number of hydrogen-bond donors (Lipinski definition) is 2. The summed E-state index contributed by atoms with van der Waals surface area (Å²) in [6.07, 6.45) is -4.21. The lowest BCUT2D eigenvalue weighted by molar-refractivity contribution is -0.150. The monoisotopic (exact) mass is 303 g/mol. The summed E-state index contributed by atoms with van der Waals surface area (Å²) in [5, 5.41) is 7.25. The van der Waals surface area contributed by atoms with E-state index in [4.69, 9.17) is 15.9 Å². The lowest BCUT2D eigenvalue weighted by Crippen LogP contribution is -2.41. The minimum absolute atomic E-state index is 0.0438. The van der Waals surface area contributed by atoms with E-state index in [1.54, 1.807) is 38.1 Å². The van der Waals surface area contributed by atoms with Crippen molar-refractivity contribution in [3.8, 4) is 5.75 Å². The van der Waals surface area contributed by atoms with E-state index in [-0.39, 0.29) is 25.0 Å². The van der Waals surface area contributed by atoms with Crippen LogP contribution in [0.15, 0.2) is 24.3 Å². The first-order valence-corrected chi connectivity index (χ1v) is 6.57. The maximum atomic E-state index is 12.4. The van der Waals surface area contributed by atoms with Crippen LogP contribution in [0.25, 0.3) is 0 Å². The van der Waals surface area contributed by atoms with Crippen molar-refractivity contribution in [3.05, 3.63) is 29.8 Å². The standard InChI is InChI=1S/C14H20F3N3O/c1-10(2)20(9-14(15,16)17)7-8-21-12-5-3-11(4-6-12)13(18)19/h3-6,10H,7-9H2,1-2H3,(H3,18,19). The van der Waals surface area contributed by atoms with Gasteiger partial charge in [0.05, 0.1) is 6.54 Å². The van der Waals surface area contributed by atoms with Gasteiger partial charge in [-0.1, -0.05) is 0 Å². The van der Waals surface area contributed by atoms with Gasteiger partial charge in [0.1, 0.15) is 18.2 Å². The van der Waals surface area contributed by atoms with Crippen molar-refractivity contribution in [3.63, 3.8) is 0 Å². The van der Waals surface area contributed by atoms with Crippen molar-refractivity contribution >= 4 is 5.84 Å². The third-order valence-electron chi connectivity index (χ3n) is 2.93. The van der Waals surface area contributed by atoms with Crippen LogP contribution in [0.5, 0.6) is 5.75 Å². The van der Waals surface area contributed by atoms with E-state index in [2.05, 4.69) is 0 Å². The zero-order chi connectivity index (χ0) is 16.0. The van der Waals surface area contributed by atoms with E-state index in [1.807, 2.05) is 0 Å². The molecule has 0 saturated heterocycles. The summed E-state index contributed by atoms with van der Waals surface area (Å²) in [6, 6.07) is 6.33. The molecule has 0 spiro atoms. The zero-order valence-electron chi connectivity index (χ0n) is 12.1. The SMILES string of the molecule is CC(C)N(CCOc1ccc(C(=N)N)cc1)CC(F)(F)F. The molecular weight excluding hydrogens is 283 g/mol. The number of hydrogen-bond acceptors (Lipinski definition) is 3. The Morgan fingerprint density at radius 3 is 2.29 bits per heavy atom. The van der Waals surface area contributed by atoms with Crippen LogP contribution in [-0.4, -0.2) is 42.7 Å². The van der Waals surface area contributed by atoms with E-state index in [0.29, 0.717) is 11.3 Å². The van der Waals surface area contributed by atoms with Crippen molar-refractivity contribution in [2.24, 2.45) is 5.73 Å². The van der Waals surface area contributed by atoms with Crippen LogP contribution >= 0.6 is 0 Å². The minimum atomic E-state index is -4.21. The topological polar surface area (TPSA) is 62.3 Å². The lowest BCUT2D eigenvalue weighted by atomic mass is 10.2. The van der Waals surface area contributed by atoms with Crippen molar-refractivity contribution in [1.82, 2.24) is 4.90 Å². The quantitative estimate of drug-likeness (QED) is 0.601. The first kappa shape index (κ1) is 17.3. The molecule has 0 aliphatic rings. The van der Waals surface area contributed by atoms with Gasteiger partial charge >= 0.3 is 6.18 Å². The van der Waals surface area contributed by atoms with Crippen LogP contribution in [0.2, 0.25) is 0 Å². The van der Waals surface area contributed by atoms with Gasteiger partial charge in [-0.15, -0.1) is 0 Å². The second-order valence-electron chi connectivity index (χ2n) is 4.97. The molecule has 0 saturated carbocycles. The number of nitrogens with one attached hydrogen (secondary N) is 1. The van der Waals surface area contributed by atoms with E-state index >= 15 is 0 Å². The number of rotatable bonds is 7. The second kappa shape index (κ2) is 7.31. The zero-order valence-corrected chi connectivity index (χ0v) is 12.1. The maximum Gasteiger partial charge on any atom is 0.401 e. The van der Waals surface area contributed by atoms with Crippen LogP contribution in [0.4, 0.5) is 13.2 Å². The molecular formula is C14H20F3N3O. The van der Waals surface area contributed by atoms with Crippen molar-refractivity contribution in [1.29, 1.82) is 5.41 Å². The third-order valence-corrected chi connectivity index (χ3v) is 2.93. The molecule has 3 N–H and O–H groups in total.